The molecule has 0 amide bonds. The molecule has 0 saturated heterocycles. The molecule has 0 heterocycles. The van der Waals surface area contributed by atoms with E-state index in [0.717, 1.165) is 0 Å². The van der Waals surface area contributed by atoms with Crippen LogP contribution in [0.3, 0.4) is 0 Å². The monoisotopic (exact) mass is 307 g/mol. The van der Waals surface area contributed by atoms with Gasteiger partial charge in [0.15, 0.2) is 0 Å². The average molecular weight is 307 g/mol. The predicted molar refractivity (Wildman–Crippen MR) is 70.9 cm³/mol. The first-order chi connectivity index (χ1) is 7.68. The zero-order valence-corrected chi connectivity index (χ0v) is 15.2. The molecule has 0 aromatic heterocycles. The average Bonchev–Trinajstić information content (AvgIpc) is 1.93. The molecular weight excluding hydrogens is 280 g/mol. The standard InChI is InChI=1S/C14H27O4.Ti/c1-11(2,3)16-14(10-15,17-12(4,5)6)18-13(7,8)9;/h1-9H3;. The molecule has 0 N–H and O–H groups in total. The minimum Gasteiger partial charge on any atom is -0.315 e. The molecule has 0 fully saturated rings. The van der Waals surface area contributed by atoms with Crippen molar-refractivity contribution in [1.29, 1.82) is 0 Å². The second kappa shape index (κ2) is 6.81. The van der Waals surface area contributed by atoms with Crippen LogP contribution in [0.25, 0.3) is 0 Å². The maximum absolute atomic E-state index is 11.4. The Bertz CT molecular complexity index is 240. The first-order valence-electron chi connectivity index (χ1n) is 6.18. The van der Waals surface area contributed by atoms with Gasteiger partial charge in [0.05, 0.1) is 16.8 Å². The molecule has 0 aliphatic carbocycles. The van der Waals surface area contributed by atoms with E-state index < -0.39 is 22.8 Å². The van der Waals surface area contributed by atoms with E-state index >= 15 is 0 Å². The fourth-order valence-electron chi connectivity index (χ4n) is 1.33. The van der Waals surface area contributed by atoms with Crippen molar-refractivity contribution in [2.24, 2.45) is 0 Å². The molecule has 0 aromatic rings. The zero-order valence-electron chi connectivity index (χ0n) is 13.6. The summed E-state index contributed by atoms with van der Waals surface area (Å²) in [5.41, 5.74) is -1.77. The van der Waals surface area contributed by atoms with Gasteiger partial charge in [0, 0.05) is 21.7 Å². The molecule has 4 nitrogen and oxygen atoms in total. The summed E-state index contributed by atoms with van der Waals surface area (Å²) in [5.74, 6) is -1.81. The molecule has 0 unspecified atom stereocenters. The normalized spacial score (nSPS) is 13.9. The third-order valence-electron chi connectivity index (χ3n) is 1.45. The molecule has 0 saturated carbocycles. The van der Waals surface area contributed by atoms with Gasteiger partial charge < -0.3 is 14.2 Å². The Hall–Kier alpha value is 0.264. The zero-order chi connectivity index (χ0) is 14.8. The third kappa shape index (κ3) is 10.7. The minimum atomic E-state index is -1.81. The summed E-state index contributed by atoms with van der Waals surface area (Å²) >= 11 is 0. The Morgan fingerprint density at radius 1 is 0.632 bits per heavy atom. The van der Waals surface area contributed by atoms with Crippen LogP contribution in [0, 0.1) is 0 Å². The van der Waals surface area contributed by atoms with Gasteiger partial charge in [-0.25, -0.2) is 0 Å². The summed E-state index contributed by atoms with van der Waals surface area (Å²) in [6.07, 6.45) is 1.77. The van der Waals surface area contributed by atoms with Crippen LogP contribution < -0.4 is 0 Å². The Morgan fingerprint density at radius 2 is 0.842 bits per heavy atom. The van der Waals surface area contributed by atoms with E-state index in [1.54, 1.807) is 6.29 Å². The number of rotatable bonds is 4. The molecule has 19 heavy (non-hydrogen) atoms. The minimum absolute atomic E-state index is 0. The van der Waals surface area contributed by atoms with E-state index in [1.807, 2.05) is 62.3 Å². The summed E-state index contributed by atoms with van der Waals surface area (Å²) < 4.78 is 17.0. The molecule has 0 aromatic carbocycles. The first-order valence-corrected chi connectivity index (χ1v) is 6.18. The van der Waals surface area contributed by atoms with Crippen molar-refractivity contribution in [3.05, 3.63) is 0 Å². The molecule has 0 rings (SSSR count). The molecule has 5 heteroatoms. The Morgan fingerprint density at radius 3 is 0.947 bits per heavy atom. The summed E-state index contributed by atoms with van der Waals surface area (Å²) in [6.45, 7) is 16.5. The Balaban J connectivity index is 0. The van der Waals surface area contributed by atoms with Gasteiger partial charge in [-0.05, 0) is 62.3 Å². The van der Waals surface area contributed by atoms with Crippen LogP contribution in [0.1, 0.15) is 62.3 Å². The van der Waals surface area contributed by atoms with Gasteiger partial charge in [-0.1, -0.05) is 0 Å². The van der Waals surface area contributed by atoms with E-state index in [-0.39, 0.29) is 21.7 Å². The van der Waals surface area contributed by atoms with E-state index in [4.69, 9.17) is 14.2 Å². The van der Waals surface area contributed by atoms with Crippen LogP contribution in [0.2, 0.25) is 0 Å². The first kappa shape index (κ1) is 21.6. The van der Waals surface area contributed by atoms with Gasteiger partial charge in [0.1, 0.15) is 0 Å². The SMILES string of the molecule is CC(C)(C)OC([C]=O)(OC(C)(C)C)OC(C)(C)C.[Ti]. The van der Waals surface area contributed by atoms with E-state index in [2.05, 4.69) is 0 Å². The fourth-order valence-corrected chi connectivity index (χ4v) is 1.33. The van der Waals surface area contributed by atoms with Crippen LogP contribution in [0.5, 0.6) is 0 Å². The van der Waals surface area contributed by atoms with Crippen molar-refractivity contribution < 1.29 is 40.7 Å². The smallest absolute Gasteiger partial charge is 0.315 e. The third-order valence-corrected chi connectivity index (χ3v) is 1.45. The van der Waals surface area contributed by atoms with E-state index in [0.29, 0.717) is 0 Å². The Kier molecular flexibility index (Phi) is 7.73. The summed E-state index contributed by atoms with van der Waals surface area (Å²) in [5, 5.41) is 0. The summed E-state index contributed by atoms with van der Waals surface area (Å²) in [7, 11) is 0. The van der Waals surface area contributed by atoms with Crippen molar-refractivity contribution >= 4 is 6.29 Å². The predicted octanol–water partition coefficient (Wildman–Crippen LogP) is 3.19. The van der Waals surface area contributed by atoms with Crippen LogP contribution in [0.4, 0.5) is 0 Å². The van der Waals surface area contributed by atoms with Crippen molar-refractivity contribution in [2.45, 2.75) is 85.1 Å². The van der Waals surface area contributed by atoms with Crippen LogP contribution >= 0.6 is 0 Å². The van der Waals surface area contributed by atoms with Crippen LogP contribution in [0.15, 0.2) is 0 Å². The van der Waals surface area contributed by atoms with Gasteiger partial charge in [0.2, 0.25) is 0 Å². The number of hydrogen-bond donors (Lipinski definition) is 0. The van der Waals surface area contributed by atoms with Crippen molar-refractivity contribution in [3.63, 3.8) is 0 Å². The molecule has 0 aliphatic heterocycles. The molecule has 111 valence electrons. The van der Waals surface area contributed by atoms with Gasteiger partial charge >= 0.3 is 5.97 Å². The van der Waals surface area contributed by atoms with E-state index in [9.17, 15) is 4.79 Å². The second-order valence-electron chi connectivity index (χ2n) is 7.30. The summed E-state index contributed by atoms with van der Waals surface area (Å²) in [4.78, 5) is 11.4. The molecule has 1 radical (unpaired) electrons. The topological polar surface area (TPSA) is 44.8 Å². The molecule has 0 aliphatic rings. The van der Waals surface area contributed by atoms with Crippen LogP contribution in [-0.2, 0) is 40.7 Å². The second-order valence-corrected chi connectivity index (χ2v) is 7.30. The Labute approximate surface area is 132 Å². The van der Waals surface area contributed by atoms with Gasteiger partial charge in [-0.3, -0.25) is 4.79 Å². The number of carbonyl (C=O) groups excluding carboxylic acids is 1. The number of hydrogen-bond acceptors (Lipinski definition) is 4. The maximum atomic E-state index is 11.4. The summed E-state index contributed by atoms with van der Waals surface area (Å²) in [6, 6.07) is 0. The largest absolute Gasteiger partial charge is 0.356 e. The molecule has 0 bridgehead atoms. The number of ether oxygens (including phenoxy) is 3. The van der Waals surface area contributed by atoms with Crippen molar-refractivity contribution in [3.8, 4) is 0 Å². The maximum Gasteiger partial charge on any atom is 0.356 e. The fraction of sp³-hybridized carbons (Fsp3) is 0.929. The van der Waals surface area contributed by atoms with E-state index in [1.165, 1.54) is 0 Å². The molecule has 0 atom stereocenters. The van der Waals surface area contributed by atoms with Crippen molar-refractivity contribution in [1.82, 2.24) is 0 Å². The van der Waals surface area contributed by atoms with Gasteiger partial charge in [0.25, 0.3) is 6.29 Å². The van der Waals surface area contributed by atoms with Gasteiger partial charge in [-0.15, -0.1) is 0 Å². The quantitative estimate of drug-likeness (QED) is 0.591. The van der Waals surface area contributed by atoms with Gasteiger partial charge in [-0.2, -0.15) is 0 Å². The van der Waals surface area contributed by atoms with Crippen molar-refractivity contribution in [2.75, 3.05) is 0 Å². The van der Waals surface area contributed by atoms with Crippen LogP contribution in [-0.4, -0.2) is 29.1 Å². The molecule has 0 spiro atoms. The molecular formula is C14H27O4Ti.